The second kappa shape index (κ2) is 8.11. The van der Waals surface area contributed by atoms with Crippen molar-refractivity contribution in [2.45, 2.75) is 13.0 Å². The van der Waals surface area contributed by atoms with Crippen LogP contribution < -0.4 is 11.1 Å². The molecule has 2 aromatic carbocycles. The minimum Gasteiger partial charge on any atom is -0.366 e. The molecule has 0 saturated heterocycles. The number of amides is 2. The van der Waals surface area contributed by atoms with Crippen LogP contribution in [0.5, 0.6) is 0 Å². The molecule has 1 heterocycles. The zero-order valence-corrected chi connectivity index (χ0v) is 14.3. The molecule has 26 heavy (non-hydrogen) atoms. The third-order valence-corrected chi connectivity index (χ3v) is 4.06. The van der Waals surface area contributed by atoms with E-state index >= 15 is 0 Å². The fourth-order valence-corrected chi connectivity index (χ4v) is 2.67. The lowest BCUT2D eigenvalue weighted by Crippen LogP contribution is -2.26. The van der Waals surface area contributed by atoms with Crippen LogP contribution in [0, 0.1) is 0 Å². The molecule has 3 rings (SSSR count). The molecule has 0 spiro atoms. The largest absolute Gasteiger partial charge is 0.366 e. The molecule has 0 fully saturated rings. The molecule has 0 atom stereocenters. The van der Waals surface area contributed by atoms with Gasteiger partial charge in [-0.2, -0.15) is 0 Å². The molecule has 0 saturated carbocycles. The van der Waals surface area contributed by atoms with Gasteiger partial charge in [-0.15, -0.1) is 0 Å². The Kier molecular flexibility index (Phi) is 5.43. The van der Waals surface area contributed by atoms with Crippen LogP contribution in [-0.2, 0) is 13.0 Å². The van der Waals surface area contributed by atoms with Crippen LogP contribution in [0.15, 0.2) is 67.0 Å². The monoisotopic (exact) mass is 348 g/mol. The molecule has 0 aliphatic carbocycles. The van der Waals surface area contributed by atoms with Crippen molar-refractivity contribution < 1.29 is 9.59 Å². The first-order chi connectivity index (χ1) is 12.6. The number of nitrogens with two attached hydrogens (primary N) is 1. The SMILES string of the molecule is NC(=O)c1ccc(C(=O)NCCc2nccn2Cc2ccccc2)cc1. The molecule has 2 amide bonds. The molecule has 6 nitrogen and oxygen atoms in total. The van der Waals surface area contributed by atoms with Crippen molar-refractivity contribution >= 4 is 11.8 Å². The minimum atomic E-state index is -0.512. The van der Waals surface area contributed by atoms with E-state index in [2.05, 4.69) is 27.0 Å². The number of rotatable bonds is 7. The van der Waals surface area contributed by atoms with E-state index in [1.165, 1.54) is 5.56 Å². The molecule has 0 aliphatic heterocycles. The minimum absolute atomic E-state index is 0.192. The number of imidazole rings is 1. The van der Waals surface area contributed by atoms with E-state index in [0.29, 0.717) is 24.1 Å². The highest BCUT2D eigenvalue weighted by Crippen LogP contribution is 2.07. The van der Waals surface area contributed by atoms with Crippen molar-refractivity contribution in [3.05, 3.63) is 89.5 Å². The maximum Gasteiger partial charge on any atom is 0.251 e. The van der Waals surface area contributed by atoms with Crippen LogP contribution in [0.3, 0.4) is 0 Å². The van der Waals surface area contributed by atoms with Gasteiger partial charge in [0, 0.05) is 43.0 Å². The Hall–Kier alpha value is -3.41. The van der Waals surface area contributed by atoms with Gasteiger partial charge in [-0.1, -0.05) is 30.3 Å². The summed E-state index contributed by atoms with van der Waals surface area (Å²) < 4.78 is 2.07. The summed E-state index contributed by atoms with van der Waals surface area (Å²) in [5, 5.41) is 2.87. The van der Waals surface area contributed by atoms with E-state index in [9.17, 15) is 9.59 Å². The molecule has 3 N–H and O–H groups in total. The maximum atomic E-state index is 12.2. The molecule has 6 heteroatoms. The van der Waals surface area contributed by atoms with Gasteiger partial charge in [0.2, 0.25) is 5.91 Å². The van der Waals surface area contributed by atoms with Gasteiger partial charge in [-0.25, -0.2) is 4.98 Å². The summed E-state index contributed by atoms with van der Waals surface area (Å²) in [7, 11) is 0. The van der Waals surface area contributed by atoms with Gasteiger partial charge in [0.25, 0.3) is 5.91 Å². The van der Waals surface area contributed by atoms with E-state index in [1.54, 1.807) is 30.5 Å². The normalized spacial score (nSPS) is 10.5. The van der Waals surface area contributed by atoms with Crippen LogP contribution in [0.1, 0.15) is 32.1 Å². The van der Waals surface area contributed by atoms with Gasteiger partial charge >= 0.3 is 0 Å². The predicted molar refractivity (Wildman–Crippen MR) is 98.8 cm³/mol. The summed E-state index contributed by atoms with van der Waals surface area (Å²) >= 11 is 0. The Balaban J connectivity index is 1.54. The van der Waals surface area contributed by atoms with E-state index in [0.717, 1.165) is 12.4 Å². The Bertz CT molecular complexity index is 886. The van der Waals surface area contributed by atoms with Crippen molar-refractivity contribution in [3.63, 3.8) is 0 Å². The Labute approximate surface area is 151 Å². The average Bonchev–Trinajstić information content (AvgIpc) is 3.09. The fraction of sp³-hybridized carbons (Fsp3) is 0.150. The highest BCUT2D eigenvalue weighted by atomic mass is 16.2. The summed E-state index contributed by atoms with van der Waals surface area (Å²) in [5.41, 5.74) is 7.26. The zero-order chi connectivity index (χ0) is 18.4. The third kappa shape index (κ3) is 4.36. The number of hydrogen-bond acceptors (Lipinski definition) is 3. The summed E-state index contributed by atoms with van der Waals surface area (Å²) in [4.78, 5) is 27.6. The highest BCUT2D eigenvalue weighted by molar-refractivity contribution is 5.97. The van der Waals surface area contributed by atoms with Crippen molar-refractivity contribution in [2.24, 2.45) is 5.73 Å². The third-order valence-electron chi connectivity index (χ3n) is 4.06. The van der Waals surface area contributed by atoms with Gasteiger partial charge < -0.3 is 15.6 Å². The molecular formula is C20H20N4O2. The Morgan fingerprint density at radius 3 is 2.38 bits per heavy atom. The molecule has 3 aromatic rings. The van der Waals surface area contributed by atoms with E-state index in [-0.39, 0.29) is 5.91 Å². The van der Waals surface area contributed by atoms with Gasteiger partial charge in [-0.05, 0) is 29.8 Å². The van der Waals surface area contributed by atoms with Crippen LogP contribution in [0.25, 0.3) is 0 Å². The number of nitrogens with one attached hydrogen (secondary N) is 1. The quantitative estimate of drug-likeness (QED) is 0.684. The number of aromatic nitrogens is 2. The smallest absolute Gasteiger partial charge is 0.251 e. The highest BCUT2D eigenvalue weighted by Gasteiger charge is 2.08. The summed E-state index contributed by atoms with van der Waals surface area (Å²) in [5.74, 6) is 0.211. The number of carbonyl (C=O) groups is 2. The number of nitrogens with zero attached hydrogens (tertiary/aromatic N) is 2. The fourth-order valence-electron chi connectivity index (χ4n) is 2.67. The summed E-state index contributed by atoms with van der Waals surface area (Å²) in [6.45, 7) is 1.22. The van der Waals surface area contributed by atoms with E-state index < -0.39 is 5.91 Å². The van der Waals surface area contributed by atoms with Gasteiger partial charge in [-0.3, -0.25) is 9.59 Å². The molecule has 0 unspecified atom stereocenters. The molecule has 0 aliphatic rings. The summed E-state index contributed by atoms with van der Waals surface area (Å²) in [6.07, 6.45) is 4.33. The van der Waals surface area contributed by atoms with Crippen molar-refractivity contribution in [1.29, 1.82) is 0 Å². The predicted octanol–water partition coefficient (Wildman–Crippen LogP) is 2.00. The molecule has 0 radical (unpaired) electrons. The zero-order valence-electron chi connectivity index (χ0n) is 14.3. The topological polar surface area (TPSA) is 90.0 Å². The van der Waals surface area contributed by atoms with Crippen molar-refractivity contribution in [3.8, 4) is 0 Å². The summed E-state index contributed by atoms with van der Waals surface area (Å²) in [6, 6.07) is 16.4. The van der Waals surface area contributed by atoms with E-state index in [1.807, 2.05) is 24.4 Å². The Morgan fingerprint density at radius 1 is 1.00 bits per heavy atom. The molecule has 132 valence electrons. The van der Waals surface area contributed by atoms with Crippen LogP contribution in [-0.4, -0.2) is 27.9 Å². The lowest BCUT2D eigenvalue weighted by molar-refractivity contribution is 0.0951. The molecule has 1 aromatic heterocycles. The maximum absolute atomic E-state index is 12.2. The van der Waals surface area contributed by atoms with Gasteiger partial charge in [0.05, 0.1) is 0 Å². The van der Waals surface area contributed by atoms with E-state index in [4.69, 9.17) is 5.73 Å². The number of primary amides is 1. The second-order valence-corrected chi connectivity index (χ2v) is 5.90. The van der Waals surface area contributed by atoms with Crippen molar-refractivity contribution in [1.82, 2.24) is 14.9 Å². The second-order valence-electron chi connectivity index (χ2n) is 5.90. The van der Waals surface area contributed by atoms with Crippen LogP contribution >= 0.6 is 0 Å². The molecular weight excluding hydrogens is 328 g/mol. The molecule has 0 bridgehead atoms. The first-order valence-corrected chi connectivity index (χ1v) is 8.35. The number of carbonyl (C=O) groups excluding carboxylic acids is 2. The lowest BCUT2D eigenvalue weighted by Gasteiger charge is -2.09. The Morgan fingerprint density at radius 2 is 1.69 bits per heavy atom. The van der Waals surface area contributed by atoms with Crippen molar-refractivity contribution in [2.75, 3.05) is 6.54 Å². The van der Waals surface area contributed by atoms with Crippen LogP contribution in [0.4, 0.5) is 0 Å². The number of benzene rings is 2. The number of hydrogen-bond donors (Lipinski definition) is 2. The standard InChI is InChI=1S/C20H20N4O2/c21-19(25)16-6-8-17(9-7-16)20(26)23-11-10-18-22-12-13-24(18)14-15-4-2-1-3-5-15/h1-9,12-13H,10-11,14H2,(H2,21,25)(H,23,26). The average molecular weight is 348 g/mol. The van der Waals surface area contributed by atoms with Crippen LogP contribution in [0.2, 0.25) is 0 Å². The lowest BCUT2D eigenvalue weighted by atomic mass is 10.1. The first kappa shape index (κ1) is 17.4. The van der Waals surface area contributed by atoms with Gasteiger partial charge in [0.15, 0.2) is 0 Å². The van der Waals surface area contributed by atoms with Gasteiger partial charge in [0.1, 0.15) is 5.82 Å². The first-order valence-electron chi connectivity index (χ1n) is 8.35.